The number of Topliss-reactive ketones (excluding diaryl/α,β-unsaturated/α-hetero) is 1. The van der Waals surface area contributed by atoms with Crippen LogP contribution in [0.1, 0.15) is 29.6 Å². The van der Waals surface area contributed by atoms with Crippen LogP contribution in [-0.4, -0.2) is 31.6 Å². The van der Waals surface area contributed by atoms with Gasteiger partial charge in [0.05, 0.1) is 24.2 Å². The SMILES string of the molecule is COC(=O)C1=C(C)N(c2ccc(F)cc2)/C(=C/c2ccc(CN(Cc3ccc(C)cc3)S(=O)(=O)c3ccc(Cl)cc3)o2)C1=O. The maximum Gasteiger partial charge on any atom is 0.343 e. The molecule has 0 bridgehead atoms. The molecular formula is C33H28ClFN2O6S. The molecular weight excluding hydrogens is 607 g/mol. The Kier molecular flexibility index (Phi) is 8.87. The molecule has 0 spiro atoms. The molecule has 0 unspecified atom stereocenters. The van der Waals surface area contributed by atoms with Crippen molar-refractivity contribution in [2.24, 2.45) is 0 Å². The van der Waals surface area contributed by atoms with Crippen LogP contribution in [0.4, 0.5) is 10.1 Å². The second-order valence-corrected chi connectivity index (χ2v) is 12.5. The first-order valence-corrected chi connectivity index (χ1v) is 15.3. The number of ketones is 1. The van der Waals surface area contributed by atoms with Gasteiger partial charge in [-0.2, -0.15) is 4.31 Å². The number of benzene rings is 3. The third-order valence-corrected chi connectivity index (χ3v) is 9.15. The smallest absolute Gasteiger partial charge is 0.343 e. The van der Waals surface area contributed by atoms with Crippen LogP contribution in [0, 0.1) is 12.7 Å². The summed E-state index contributed by atoms with van der Waals surface area (Å²) in [5, 5.41) is 0.411. The first-order valence-electron chi connectivity index (χ1n) is 13.5. The van der Waals surface area contributed by atoms with Gasteiger partial charge in [-0.1, -0.05) is 41.4 Å². The number of esters is 1. The van der Waals surface area contributed by atoms with Crippen molar-refractivity contribution in [1.82, 2.24) is 4.31 Å². The van der Waals surface area contributed by atoms with Crippen molar-refractivity contribution < 1.29 is 31.6 Å². The van der Waals surface area contributed by atoms with Crippen molar-refractivity contribution in [2.45, 2.75) is 31.8 Å². The molecule has 226 valence electrons. The van der Waals surface area contributed by atoms with Crippen LogP contribution in [0.3, 0.4) is 0 Å². The van der Waals surface area contributed by atoms with Crippen LogP contribution in [0.2, 0.25) is 5.02 Å². The van der Waals surface area contributed by atoms with E-state index >= 15 is 0 Å². The molecule has 1 aromatic heterocycles. The molecule has 44 heavy (non-hydrogen) atoms. The number of hydrogen-bond donors (Lipinski definition) is 0. The highest BCUT2D eigenvalue weighted by molar-refractivity contribution is 7.89. The summed E-state index contributed by atoms with van der Waals surface area (Å²) in [6, 6.07) is 22.1. The van der Waals surface area contributed by atoms with E-state index in [2.05, 4.69) is 0 Å². The molecule has 0 amide bonds. The number of allylic oxidation sites excluding steroid dienone is 2. The summed E-state index contributed by atoms with van der Waals surface area (Å²) >= 11 is 6.00. The van der Waals surface area contributed by atoms with E-state index in [1.165, 1.54) is 70.9 Å². The first-order chi connectivity index (χ1) is 21.0. The zero-order valence-corrected chi connectivity index (χ0v) is 25.7. The third-order valence-electron chi connectivity index (χ3n) is 7.10. The van der Waals surface area contributed by atoms with Gasteiger partial charge in [-0.05, 0) is 80.1 Å². The lowest BCUT2D eigenvalue weighted by atomic mass is 10.1. The molecule has 0 fully saturated rings. The van der Waals surface area contributed by atoms with Crippen LogP contribution in [0.25, 0.3) is 6.08 Å². The summed E-state index contributed by atoms with van der Waals surface area (Å²) in [4.78, 5) is 27.5. The van der Waals surface area contributed by atoms with Gasteiger partial charge in [-0.15, -0.1) is 0 Å². The van der Waals surface area contributed by atoms with E-state index in [0.29, 0.717) is 22.2 Å². The van der Waals surface area contributed by atoms with Crippen LogP contribution >= 0.6 is 11.6 Å². The van der Waals surface area contributed by atoms with Crippen molar-refractivity contribution in [2.75, 3.05) is 12.0 Å². The largest absolute Gasteiger partial charge is 0.465 e. The van der Waals surface area contributed by atoms with Crippen molar-refractivity contribution in [3.63, 3.8) is 0 Å². The van der Waals surface area contributed by atoms with E-state index in [1.54, 1.807) is 19.1 Å². The average Bonchev–Trinajstić information content (AvgIpc) is 3.54. The lowest BCUT2D eigenvalue weighted by Crippen LogP contribution is -2.30. The zero-order chi connectivity index (χ0) is 31.6. The Morgan fingerprint density at radius 2 is 1.61 bits per heavy atom. The number of carbonyl (C=O) groups is 2. The molecule has 1 aliphatic rings. The minimum Gasteiger partial charge on any atom is -0.465 e. The van der Waals surface area contributed by atoms with Gasteiger partial charge in [0.1, 0.15) is 22.9 Å². The van der Waals surface area contributed by atoms with Gasteiger partial charge in [0, 0.05) is 29.0 Å². The molecule has 4 aromatic rings. The summed E-state index contributed by atoms with van der Waals surface area (Å²) in [5.74, 6) is -1.30. The van der Waals surface area contributed by atoms with Gasteiger partial charge < -0.3 is 14.1 Å². The highest BCUT2D eigenvalue weighted by atomic mass is 35.5. The van der Waals surface area contributed by atoms with E-state index in [0.717, 1.165) is 11.1 Å². The lowest BCUT2D eigenvalue weighted by Gasteiger charge is -2.22. The van der Waals surface area contributed by atoms with Gasteiger partial charge in [0.15, 0.2) is 0 Å². The van der Waals surface area contributed by atoms with E-state index in [9.17, 15) is 22.4 Å². The predicted octanol–water partition coefficient (Wildman–Crippen LogP) is 6.65. The summed E-state index contributed by atoms with van der Waals surface area (Å²) in [6.45, 7) is 3.50. The van der Waals surface area contributed by atoms with Gasteiger partial charge in [-0.25, -0.2) is 17.6 Å². The minimum absolute atomic E-state index is 0.0742. The van der Waals surface area contributed by atoms with Crippen molar-refractivity contribution in [1.29, 1.82) is 0 Å². The normalized spacial score (nSPS) is 14.6. The molecule has 2 heterocycles. The number of rotatable bonds is 9. The third kappa shape index (κ3) is 6.37. The Hall–Kier alpha value is -4.51. The second kappa shape index (κ2) is 12.6. The Bertz CT molecular complexity index is 1880. The number of carbonyl (C=O) groups excluding carboxylic acids is 2. The fourth-order valence-corrected chi connectivity index (χ4v) is 6.35. The number of hydrogen-bond acceptors (Lipinski definition) is 7. The van der Waals surface area contributed by atoms with Crippen molar-refractivity contribution >= 4 is 45.1 Å². The number of sulfonamides is 1. The van der Waals surface area contributed by atoms with Crippen LogP contribution in [-0.2, 0) is 37.4 Å². The van der Waals surface area contributed by atoms with Gasteiger partial charge in [0.2, 0.25) is 15.8 Å². The number of aryl methyl sites for hydroxylation is 1. The standard InChI is InChI=1S/C33H28ClFN2O6S/c1-21-4-6-23(7-5-21)19-36(44(40,41)29-16-8-24(34)9-17-29)20-28-15-14-27(43-28)18-30-32(38)31(33(39)42-3)22(2)37(30)26-12-10-25(35)11-13-26/h4-18H,19-20H2,1-3H3/b30-18+. The number of halogens is 2. The van der Waals surface area contributed by atoms with E-state index in [-0.39, 0.29) is 35.0 Å². The highest BCUT2D eigenvalue weighted by Crippen LogP contribution is 2.36. The molecule has 5 rings (SSSR count). The monoisotopic (exact) mass is 634 g/mol. The Morgan fingerprint density at radius 3 is 2.25 bits per heavy atom. The Labute approximate surface area is 259 Å². The molecule has 8 nitrogen and oxygen atoms in total. The van der Waals surface area contributed by atoms with Gasteiger partial charge >= 0.3 is 5.97 Å². The van der Waals surface area contributed by atoms with Gasteiger partial charge in [0.25, 0.3) is 0 Å². The van der Waals surface area contributed by atoms with Crippen molar-refractivity contribution in [3.05, 3.63) is 135 Å². The molecule has 0 saturated heterocycles. The number of ether oxygens (including phenoxy) is 1. The molecule has 1 aliphatic heterocycles. The van der Waals surface area contributed by atoms with Crippen LogP contribution < -0.4 is 4.90 Å². The molecule has 0 saturated carbocycles. The van der Waals surface area contributed by atoms with Crippen LogP contribution in [0.15, 0.2) is 111 Å². The van der Waals surface area contributed by atoms with E-state index < -0.39 is 27.6 Å². The topological polar surface area (TPSA) is 97.1 Å². The fourth-order valence-electron chi connectivity index (χ4n) is 4.83. The molecule has 0 atom stereocenters. The lowest BCUT2D eigenvalue weighted by molar-refractivity contribution is -0.137. The zero-order valence-electron chi connectivity index (χ0n) is 24.1. The fraction of sp³-hybridized carbons (Fsp3) is 0.152. The van der Waals surface area contributed by atoms with E-state index in [1.807, 2.05) is 31.2 Å². The summed E-state index contributed by atoms with van der Waals surface area (Å²) in [7, 11) is -2.79. The number of furan rings is 1. The van der Waals surface area contributed by atoms with Gasteiger partial charge in [-0.3, -0.25) is 4.79 Å². The second-order valence-electron chi connectivity index (χ2n) is 10.1. The Morgan fingerprint density at radius 1 is 0.955 bits per heavy atom. The number of nitrogens with zero attached hydrogens (tertiary/aromatic N) is 2. The van der Waals surface area contributed by atoms with E-state index in [4.69, 9.17) is 20.8 Å². The summed E-state index contributed by atoms with van der Waals surface area (Å²) < 4.78 is 53.3. The molecule has 0 aliphatic carbocycles. The molecule has 3 aromatic carbocycles. The quantitative estimate of drug-likeness (QED) is 0.116. The number of methoxy groups -OCH3 is 1. The molecule has 0 radical (unpaired) electrons. The minimum atomic E-state index is -3.97. The molecule has 11 heteroatoms. The Balaban J connectivity index is 1.49. The number of anilines is 1. The predicted molar refractivity (Wildman–Crippen MR) is 164 cm³/mol. The van der Waals surface area contributed by atoms with Crippen LogP contribution in [0.5, 0.6) is 0 Å². The maximum absolute atomic E-state index is 13.7. The summed E-state index contributed by atoms with van der Waals surface area (Å²) in [5.41, 5.74) is 2.51. The molecule has 0 N–H and O–H groups in total. The van der Waals surface area contributed by atoms with Crippen molar-refractivity contribution in [3.8, 4) is 0 Å². The summed E-state index contributed by atoms with van der Waals surface area (Å²) in [6.07, 6.45) is 1.45. The highest BCUT2D eigenvalue weighted by Gasteiger charge is 2.38. The first kappa shape index (κ1) is 30.9. The maximum atomic E-state index is 13.7. The average molecular weight is 635 g/mol.